The maximum atomic E-state index is 5.89. The third-order valence-electron chi connectivity index (χ3n) is 4.66. The molecule has 0 amide bonds. The van der Waals surface area contributed by atoms with Gasteiger partial charge in [-0.05, 0) is 38.0 Å². The van der Waals surface area contributed by atoms with Gasteiger partial charge >= 0.3 is 0 Å². The number of aromatic nitrogens is 1. The molecule has 0 aromatic carbocycles. The van der Waals surface area contributed by atoms with Gasteiger partial charge in [-0.1, -0.05) is 19.8 Å². The highest BCUT2D eigenvalue weighted by Crippen LogP contribution is 2.41. The van der Waals surface area contributed by atoms with Crippen LogP contribution in [0.15, 0.2) is 0 Å². The van der Waals surface area contributed by atoms with Crippen LogP contribution in [0.5, 0.6) is 0 Å². The van der Waals surface area contributed by atoms with Gasteiger partial charge in [-0.25, -0.2) is 4.98 Å². The van der Waals surface area contributed by atoms with Crippen molar-refractivity contribution in [3.63, 3.8) is 0 Å². The van der Waals surface area contributed by atoms with Crippen LogP contribution in [0.25, 0.3) is 0 Å². The van der Waals surface area contributed by atoms with Crippen molar-refractivity contribution in [3.05, 3.63) is 15.6 Å². The van der Waals surface area contributed by atoms with Gasteiger partial charge in [-0.2, -0.15) is 0 Å². The van der Waals surface area contributed by atoms with Crippen LogP contribution in [-0.2, 0) is 6.42 Å². The maximum absolute atomic E-state index is 5.89. The van der Waals surface area contributed by atoms with E-state index in [1.54, 1.807) is 4.88 Å². The summed E-state index contributed by atoms with van der Waals surface area (Å²) < 4.78 is 0. The minimum absolute atomic E-state index is 0.541. The third-order valence-corrected chi connectivity index (χ3v) is 5.95. The predicted octanol–water partition coefficient (Wildman–Crippen LogP) is 3.82. The summed E-state index contributed by atoms with van der Waals surface area (Å²) in [6.45, 7) is 3.17. The molecule has 1 saturated carbocycles. The fourth-order valence-electron chi connectivity index (χ4n) is 3.59. The largest absolute Gasteiger partial charge is 0.330 e. The van der Waals surface area contributed by atoms with Crippen LogP contribution >= 0.6 is 11.3 Å². The van der Waals surface area contributed by atoms with E-state index in [1.165, 1.54) is 55.6 Å². The van der Waals surface area contributed by atoms with E-state index >= 15 is 0 Å². The Morgan fingerprint density at radius 3 is 2.94 bits per heavy atom. The second kappa shape index (κ2) is 5.30. The molecular formula is C15H24N2S. The first-order valence-electron chi connectivity index (χ1n) is 7.47. The molecule has 2 nitrogen and oxygen atoms in total. The van der Waals surface area contributed by atoms with Gasteiger partial charge in [0.05, 0.1) is 10.7 Å². The van der Waals surface area contributed by atoms with Crippen LogP contribution in [0.4, 0.5) is 0 Å². The minimum atomic E-state index is 0.541. The number of aryl methyl sites for hydroxylation is 1. The van der Waals surface area contributed by atoms with Crippen LogP contribution in [0, 0.1) is 5.92 Å². The summed E-state index contributed by atoms with van der Waals surface area (Å²) in [5, 5.41) is 1.42. The Morgan fingerprint density at radius 1 is 1.28 bits per heavy atom. The van der Waals surface area contributed by atoms with Gasteiger partial charge < -0.3 is 5.73 Å². The number of fused-ring (bicyclic) bond motifs is 1. The Hall–Kier alpha value is -0.410. The minimum Gasteiger partial charge on any atom is -0.330 e. The summed E-state index contributed by atoms with van der Waals surface area (Å²) >= 11 is 2.00. The molecule has 1 aromatic heterocycles. The number of rotatable bonds is 2. The topological polar surface area (TPSA) is 38.9 Å². The molecule has 3 unspecified atom stereocenters. The van der Waals surface area contributed by atoms with E-state index < -0.39 is 0 Å². The molecule has 100 valence electrons. The van der Waals surface area contributed by atoms with Gasteiger partial charge in [0, 0.05) is 23.3 Å². The highest BCUT2D eigenvalue weighted by molar-refractivity contribution is 7.11. The first-order chi connectivity index (χ1) is 8.78. The number of hydrogen-bond donors (Lipinski definition) is 1. The summed E-state index contributed by atoms with van der Waals surface area (Å²) in [7, 11) is 0. The molecule has 0 aliphatic heterocycles. The summed E-state index contributed by atoms with van der Waals surface area (Å²) in [4.78, 5) is 6.55. The second-order valence-corrected chi connectivity index (χ2v) is 7.27. The molecule has 0 saturated heterocycles. The molecular weight excluding hydrogens is 240 g/mol. The van der Waals surface area contributed by atoms with Crippen molar-refractivity contribution < 1.29 is 0 Å². The summed E-state index contributed by atoms with van der Waals surface area (Å²) in [5.41, 5.74) is 7.26. The van der Waals surface area contributed by atoms with Crippen molar-refractivity contribution in [1.29, 1.82) is 0 Å². The number of nitrogens with two attached hydrogens (primary N) is 1. The lowest BCUT2D eigenvalue weighted by Crippen LogP contribution is -2.18. The molecule has 2 aliphatic rings. The quantitative estimate of drug-likeness (QED) is 0.882. The van der Waals surface area contributed by atoms with Gasteiger partial charge in [0.2, 0.25) is 0 Å². The summed E-state index contributed by atoms with van der Waals surface area (Å²) in [6, 6.07) is 0. The lowest BCUT2D eigenvalue weighted by molar-refractivity contribution is 0.343. The Balaban J connectivity index is 1.83. The Labute approximate surface area is 114 Å². The van der Waals surface area contributed by atoms with Gasteiger partial charge in [-0.3, -0.25) is 0 Å². The van der Waals surface area contributed by atoms with Crippen molar-refractivity contribution in [2.45, 2.75) is 63.7 Å². The van der Waals surface area contributed by atoms with Crippen LogP contribution in [0.3, 0.4) is 0 Å². The molecule has 2 N–H and O–H groups in total. The SMILES string of the molecule is CC1CCCC(c2nc3c(s2)CCCC3CN)C1. The molecule has 0 spiro atoms. The highest BCUT2D eigenvalue weighted by atomic mass is 32.1. The zero-order valence-corrected chi connectivity index (χ0v) is 12.1. The molecule has 3 atom stereocenters. The monoisotopic (exact) mass is 264 g/mol. The maximum Gasteiger partial charge on any atom is 0.0962 e. The van der Waals surface area contributed by atoms with E-state index in [9.17, 15) is 0 Å². The Kier molecular flexibility index (Phi) is 3.71. The first kappa shape index (κ1) is 12.6. The molecule has 3 heteroatoms. The standard InChI is InChI=1S/C15H24N2S/c1-10-4-2-5-11(8-10)15-17-14-12(9-16)6-3-7-13(14)18-15/h10-12H,2-9,16H2,1H3. The Morgan fingerprint density at radius 2 is 2.17 bits per heavy atom. The van der Waals surface area contributed by atoms with Crippen LogP contribution in [0.2, 0.25) is 0 Å². The normalized spacial score (nSPS) is 32.2. The van der Waals surface area contributed by atoms with Crippen molar-refractivity contribution in [2.75, 3.05) is 6.54 Å². The third kappa shape index (κ3) is 2.35. The predicted molar refractivity (Wildman–Crippen MR) is 77.2 cm³/mol. The number of nitrogens with zero attached hydrogens (tertiary/aromatic N) is 1. The van der Waals surface area contributed by atoms with Crippen LogP contribution in [0.1, 0.15) is 72.9 Å². The van der Waals surface area contributed by atoms with E-state index in [0.29, 0.717) is 5.92 Å². The number of hydrogen-bond acceptors (Lipinski definition) is 3. The molecule has 3 rings (SSSR count). The van der Waals surface area contributed by atoms with E-state index in [2.05, 4.69) is 6.92 Å². The summed E-state index contributed by atoms with van der Waals surface area (Å²) in [5.74, 6) is 2.16. The molecule has 1 fully saturated rings. The average molecular weight is 264 g/mol. The van der Waals surface area contributed by atoms with E-state index in [0.717, 1.165) is 18.4 Å². The molecule has 2 aliphatic carbocycles. The second-order valence-electron chi connectivity index (χ2n) is 6.15. The molecule has 0 bridgehead atoms. The number of thiazole rings is 1. The van der Waals surface area contributed by atoms with E-state index in [1.807, 2.05) is 11.3 Å². The molecule has 0 radical (unpaired) electrons. The van der Waals surface area contributed by atoms with Gasteiger partial charge in [0.25, 0.3) is 0 Å². The fraction of sp³-hybridized carbons (Fsp3) is 0.800. The smallest absolute Gasteiger partial charge is 0.0962 e. The van der Waals surface area contributed by atoms with E-state index in [-0.39, 0.29) is 0 Å². The van der Waals surface area contributed by atoms with Crippen LogP contribution < -0.4 is 5.73 Å². The van der Waals surface area contributed by atoms with Gasteiger partial charge in [0.1, 0.15) is 0 Å². The van der Waals surface area contributed by atoms with Crippen molar-refractivity contribution in [2.24, 2.45) is 11.7 Å². The lowest BCUT2D eigenvalue weighted by atomic mass is 9.83. The molecule has 18 heavy (non-hydrogen) atoms. The first-order valence-corrected chi connectivity index (χ1v) is 8.29. The van der Waals surface area contributed by atoms with Gasteiger partial charge in [-0.15, -0.1) is 11.3 Å². The average Bonchev–Trinajstić information content (AvgIpc) is 2.82. The zero-order valence-electron chi connectivity index (χ0n) is 11.3. The van der Waals surface area contributed by atoms with E-state index in [4.69, 9.17) is 10.7 Å². The summed E-state index contributed by atoms with van der Waals surface area (Å²) in [6.07, 6.45) is 9.28. The van der Waals surface area contributed by atoms with Crippen molar-refractivity contribution in [1.82, 2.24) is 4.98 Å². The molecule has 1 aromatic rings. The van der Waals surface area contributed by atoms with Crippen LogP contribution in [-0.4, -0.2) is 11.5 Å². The van der Waals surface area contributed by atoms with Crippen molar-refractivity contribution >= 4 is 11.3 Å². The fourth-order valence-corrected chi connectivity index (χ4v) is 4.93. The highest BCUT2D eigenvalue weighted by Gasteiger charge is 2.28. The van der Waals surface area contributed by atoms with Crippen molar-refractivity contribution in [3.8, 4) is 0 Å². The van der Waals surface area contributed by atoms with Gasteiger partial charge in [0.15, 0.2) is 0 Å². The lowest BCUT2D eigenvalue weighted by Gasteiger charge is -2.25. The Bertz CT molecular complexity index is 413. The molecule has 1 heterocycles. The zero-order chi connectivity index (χ0) is 12.5.